The summed E-state index contributed by atoms with van der Waals surface area (Å²) in [6.45, 7) is 12.0. The van der Waals surface area contributed by atoms with E-state index in [0.717, 1.165) is 0 Å². The molecule has 0 aliphatic carbocycles. The summed E-state index contributed by atoms with van der Waals surface area (Å²) < 4.78 is 0. The molecule has 0 amide bonds. The Bertz CT molecular complexity index is 83.3. The SMILES string of the molecule is C=C.C=C.N#CN.N#CN. The molecule has 4 nitrogen and oxygen atoms in total. The molecule has 0 aliphatic rings. The molecular weight excluding hydrogens is 128 g/mol. The highest BCUT2D eigenvalue weighted by molar-refractivity contribution is 4.47. The molecule has 0 aliphatic heterocycles. The summed E-state index contributed by atoms with van der Waals surface area (Å²) in [6.07, 6.45) is 2.50. The van der Waals surface area contributed by atoms with Crippen molar-refractivity contribution < 1.29 is 0 Å². The third kappa shape index (κ3) is 41.2. The second-order valence-electron chi connectivity index (χ2n) is 0.258. The van der Waals surface area contributed by atoms with E-state index in [1.807, 2.05) is 0 Å². The van der Waals surface area contributed by atoms with Gasteiger partial charge < -0.3 is 11.5 Å². The van der Waals surface area contributed by atoms with Crippen LogP contribution in [0.2, 0.25) is 0 Å². The van der Waals surface area contributed by atoms with Crippen molar-refractivity contribution in [1.29, 1.82) is 10.5 Å². The van der Waals surface area contributed by atoms with Gasteiger partial charge in [-0.15, -0.1) is 26.3 Å². The Morgan fingerprint density at radius 1 is 0.800 bits per heavy atom. The quantitative estimate of drug-likeness (QED) is 0.290. The van der Waals surface area contributed by atoms with Gasteiger partial charge in [-0.05, 0) is 0 Å². The van der Waals surface area contributed by atoms with Gasteiger partial charge in [-0.1, -0.05) is 0 Å². The predicted octanol–water partition coefficient (Wildman–Crippen LogP) is 0.457. The van der Waals surface area contributed by atoms with Crippen LogP contribution in [0.5, 0.6) is 0 Å². The van der Waals surface area contributed by atoms with E-state index in [-0.39, 0.29) is 0 Å². The third-order valence-corrected chi connectivity index (χ3v) is 0. The summed E-state index contributed by atoms with van der Waals surface area (Å²) in [5, 5.41) is 14.2. The van der Waals surface area contributed by atoms with Crippen LogP contribution in [-0.2, 0) is 0 Å². The van der Waals surface area contributed by atoms with Crippen molar-refractivity contribution in [2.45, 2.75) is 0 Å². The first kappa shape index (κ1) is 24.4. The van der Waals surface area contributed by atoms with Crippen LogP contribution in [0.25, 0.3) is 0 Å². The Labute approximate surface area is 61.7 Å². The van der Waals surface area contributed by atoms with Crippen LogP contribution >= 0.6 is 0 Å². The normalized spacial score (nSPS) is 2.20. The van der Waals surface area contributed by atoms with Crippen molar-refractivity contribution in [3.63, 3.8) is 0 Å². The summed E-state index contributed by atoms with van der Waals surface area (Å²) in [4.78, 5) is 0. The van der Waals surface area contributed by atoms with E-state index >= 15 is 0 Å². The second kappa shape index (κ2) is 72000. The van der Waals surface area contributed by atoms with Gasteiger partial charge in [0.2, 0.25) is 0 Å². The molecule has 0 unspecified atom stereocenters. The zero-order chi connectivity index (χ0) is 9.41. The van der Waals surface area contributed by atoms with Crippen LogP contribution in [0.4, 0.5) is 0 Å². The van der Waals surface area contributed by atoms with E-state index < -0.39 is 0 Å². The number of hydrogen-bond acceptors (Lipinski definition) is 4. The molecule has 0 aromatic rings. The van der Waals surface area contributed by atoms with E-state index in [9.17, 15) is 0 Å². The van der Waals surface area contributed by atoms with Crippen LogP contribution in [0.1, 0.15) is 0 Å². The molecule has 0 aromatic heterocycles. The third-order valence-electron chi connectivity index (χ3n) is 0. The van der Waals surface area contributed by atoms with Gasteiger partial charge >= 0.3 is 0 Å². The van der Waals surface area contributed by atoms with E-state index in [1.165, 1.54) is 12.4 Å². The highest BCUT2D eigenvalue weighted by Crippen LogP contribution is 0.903. The minimum atomic E-state index is 1.25. The van der Waals surface area contributed by atoms with Crippen LogP contribution in [0.15, 0.2) is 26.3 Å². The Morgan fingerprint density at radius 3 is 0.800 bits per heavy atom. The lowest BCUT2D eigenvalue weighted by Crippen LogP contribution is -1.69. The lowest BCUT2D eigenvalue weighted by atomic mass is 11.3. The van der Waals surface area contributed by atoms with Crippen molar-refractivity contribution in [2.24, 2.45) is 11.5 Å². The van der Waals surface area contributed by atoms with Crippen molar-refractivity contribution in [2.75, 3.05) is 0 Å². The molecule has 4 heteroatoms. The fraction of sp³-hybridized carbons (Fsp3) is 0. The van der Waals surface area contributed by atoms with Gasteiger partial charge in [-0.25, -0.2) is 0 Å². The largest absolute Gasteiger partial charge is 0.337 e. The van der Waals surface area contributed by atoms with Crippen molar-refractivity contribution in [3.8, 4) is 12.4 Å². The first-order chi connectivity index (χ1) is 4.83. The maximum absolute atomic E-state index is 7.10. The molecule has 56 valence electrons. The zero-order valence-corrected chi connectivity index (χ0v) is 5.88. The van der Waals surface area contributed by atoms with E-state index in [0.29, 0.717) is 0 Å². The number of nitriles is 2. The van der Waals surface area contributed by atoms with Gasteiger partial charge in [0.25, 0.3) is 0 Å². The molecule has 4 N–H and O–H groups in total. The predicted molar refractivity (Wildman–Crippen MR) is 42.1 cm³/mol. The molecule has 0 saturated carbocycles. The average Bonchev–Trinajstić information content (AvgIpc) is 1.99. The van der Waals surface area contributed by atoms with Gasteiger partial charge in [-0.2, -0.15) is 10.5 Å². The second-order valence-corrected chi connectivity index (χ2v) is 0.258. The lowest BCUT2D eigenvalue weighted by Gasteiger charge is -1.24. The minimum Gasteiger partial charge on any atom is -0.337 e. The lowest BCUT2D eigenvalue weighted by molar-refractivity contribution is 1.45. The Kier molecular flexibility index (Phi) is 176000. The topological polar surface area (TPSA) is 99.6 Å². The van der Waals surface area contributed by atoms with Gasteiger partial charge in [0, 0.05) is 0 Å². The Hall–Kier alpha value is -1.94. The van der Waals surface area contributed by atoms with E-state index in [4.69, 9.17) is 10.5 Å². The molecule has 10 heavy (non-hydrogen) atoms. The summed E-state index contributed by atoms with van der Waals surface area (Å²) >= 11 is 0. The first-order valence-electron chi connectivity index (χ1n) is 2.02. The van der Waals surface area contributed by atoms with E-state index in [2.05, 4.69) is 37.8 Å². The zero-order valence-electron chi connectivity index (χ0n) is 5.88. The summed E-state index contributed by atoms with van der Waals surface area (Å²) in [5.74, 6) is 0. The molecule has 0 fully saturated rings. The van der Waals surface area contributed by atoms with Crippen molar-refractivity contribution in [1.82, 2.24) is 0 Å². The van der Waals surface area contributed by atoms with Crippen molar-refractivity contribution in [3.05, 3.63) is 26.3 Å². The van der Waals surface area contributed by atoms with Crippen LogP contribution < -0.4 is 11.5 Å². The van der Waals surface area contributed by atoms with Gasteiger partial charge in [0.1, 0.15) is 0 Å². The number of rotatable bonds is 0. The number of hydrogen-bond donors (Lipinski definition) is 2. The van der Waals surface area contributed by atoms with Crippen LogP contribution in [0.3, 0.4) is 0 Å². The standard InChI is InChI=1S/2C2H4.2CH2N2/c2*1-2;2*2-1-3/h2*1-2H2;2*2H2. The number of nitrogens with zero attached hydrogens (tertiary/aromatic N) is 2. The molecule has 0 spiro atoms. The smallest absolute Gasteiger partial charge is 0.173 e. The fourth-order valence-electron chi connectivity index (χ4n) is 0. The van der Waals surface area contributed by atoms with Gasteiger partial charge in [-0.3, -0.25) is 0 Å². The Morgan fingerprint density at radius 2 is 0.800 bits per heavy atom. The van der Waals surface area contributed by atoms with Gasteiger partial charge in [0.15, 0.2) is 12.4 Å². The Balaban J connectivity index is -0.0000000246. The van der Waals surface area contributed by atoms with Crippen LogP contribution in [-0.4, -0.2) is 0 Å². The minimum absolute atomic E-state index is 1.25. The summed E-state index contributed by atoms with van der Waals surface area (Å²) in [6, 6.07) is 0. The number of nitrogens with two attached hydrogens (primary N) is 2. The molecule has 0 atom stereocenters. The van der Waals surface area contributed by atoms with Gasteiger partial charge in [0.05, 0.1) is 0 Å². The first-order valence-corrected chi connectivity index (χ1v) is 2.02. The van der Waals surface area contributed by atoms with Crippen molar-refractivity contribution >= 4 is 0 Å². The molecule has 0 bridgehead atoms. The molecule has 0 aromatic carbocycles. The van der Waals surface area contributed by atoms with E-state index in [1.54, 1.807) is 0 Å². The monoisotopic (exact) mass is 140 g/mol. The summed E-state index contributed by atoms with van der Waals surface area (Å²) in [7, 11) is 0. The fourth-order valence-corrected chi connectivity index (χ4v) is 0. The van der Waals surface area contributed by atoms with Crippen LogP contribution in [0, 0.1) is 22.9 Å². The summed E-state index contributed by atoms with van der Waals surface area (Å²) in [5.41, 5.74) is 8.31. The highest BCUT2D eigenvalue weighted by Gasteiger charge is 1.12. The maximum Gasteiger partial charge on any atom is 0.173 e. The molecule has 0 radical (unpaired) electrons. The average molecular weight is 140 g/mol. The molecule has 0 heterocycles. The molecule has 0 saturated heterocycles. The molecule has 0 rings (SSSR count). The molecular formula is C6H12N4. The maximum atomic E-state index is 7.10. The highest BCUT2D eigenvalue weighted by atomic mass is 14.5.